The second-order valence-electron chi connectivity index (χ2n) is 2.58. The number of pyridine rings is 1. The average molecular weight is 218 g/mol. The number of nitrogens with zero attached hydrogens (tertiary/aromatic N) is 1. The highest BCUT2D eigenvalue weighted by molar-refractivity contribution is 6.29. The predicted molar refractivity (Wildman–Crippen MR) is 53.5 cm³/mol. The van der Waals surface area contributed by atoms with E-state index >= 15 is 0 Å². The van der Waals surface area contributed by atoms with E-state index in [1.165, 1.54) is 6.20 Å². The number of rotatable bonds is 4. The van der Waals surface area contributed by atoms with E-state index in [1.807, 2.05) is 0 Å². The number of aromatic nitrogens is 1. The smallest absolute Gasteiger partial charge is 0.163 e. The first-order valence-corrected chi connectivity index (χ1v) is 4.86. The highest BCUT2D eigenvalue weighted by Crippen LogP contribution is 2.10. The maximum atomic E-state index is 11.4. The van der Waals surface area contributed by atoms with Crippen LogP contribution in [0.3, 0.4) is 0 Å². The summed E-state index contributed by atoms with van der Waals surface area (Å²) in [4.78, 5) is 15.2. The zero-order chi connectivity index (χ0) is 9.68. The SMILES string of the molecule is O=C(CCCCl)c1ccnc(Cl)c1. The van der Waals surface area contributed by atoms with Gasteiger partial charge in [0.2, 0.25) is 0 Å². The monoisotopic (exact) mass is 217 g/mol. The highest BCUT2D eigenvalue weighted by atomic mass is 35.5. The molecule has 0 aliphatic carbocycles. The molecule has 0 saturated heterocycles. The lowest BCUT2D eigenvalue weighted by Crippen LogP contribution is -1.99. The number of hydrogen-bond acceptors (Lipinski definition) is 2. The molecule has 0 unspecified atom stereocenters. The van der Waals surface area contributed by atoms with Crippen molar-refractivity contribution in [2.75, 3.05) is 5.88 Å². The third-order valence-electron chi connectivity index (χ3n) is 1.59. The minimum absolute atomic E-state index is 0.0601. The predicted octanol–water partition coefficient (Wildman–Crippen LogP) is 2.94. The zero-order valence-electron chi connectivity index (χ0n) is 6.96. The molecule has 0 fully saturated rings. The van der Waals surface area contributed by atoms with Gasteiger partial charge in [-0.25, -0.2) is 4.98 Å². The molecule has 0 aliphatic heterocycles. The fraction of sp³-hybridized carbons (Fsp3) is 0.333. The number of carbonyl (C=O) groups is 1. The van der Waals surface area contributed by atoms with Crippen LogP contribution in [0.15, 0.2) is 18.3 Å². The lowest BCUT2D eigenvalue weighted by atomic mass is 10.1. The van der Waals surface area contributed by atoms with Crippen LogP contribution in [0.1, 0.15) is 23.2 Å². The Hall–Kier alpha value is -0.600. The van der Waals surface area contributed by atoms with E-state index in [9.17, 15) is 4.79 Å². The third kappa shape index (κ3) is 3.33. The molecule has 0 aromatic carbocycles. The summed E-state index contributed by atoms with van der Waals surface area (Å²) in [5.41, 5.74) is 0.602. The summed E-state index contributed by atoms with van der Waals surface area (Å²) < 4.78 is 0. The van der Waals surface area contributed by atoms with Gasteiger partial charge in [-0.1, -0.05) is 11.6 Å². The van der Waals surface area contributed by atoms with Gasteiger partial charge < -0.3 is 0 Å². The molecule has 70 valence electrons. The van der Waals surface area contributed by atoms with Crippen LogP contribution in [0.5, 0.6) is 0 Å². The molecule has 2 nitrogen and oxygen atoms in total. The van der Waals surface area contributed by atoms with Crippen LogP contribution in [0.2, 0.25) is 5.15 Å². The molecule has 0 radical (unpaired) electrons. The van der Waals surface area contributed by atoms with Gasteiger partial charge in [0.1, 0.15) is 5.15 Å². The topological polar surface area (TPSA) is 30.0 Å². The van der Waals surface area contributed by atoms with Crippen molar-refractivity contribution in [3.05, 3.63) is 29.0 Å². The summed E-state index contributed by atoms with van der Waals surface area (Å²) in [6, 6.07) is 3.22. The molecule has 0 saturated carbocycles. The van der Waals surface area contributed by atoms with Gasteiger partial charge in [-0.15, -0.1) is 11.6 Å². The maximum absolute atomic E-state index is 11.4. The minimum atomic E-state index is 0.0601. The molecule has 0 amide bonds. The van der Waals surface area contributed by atoms with Crippen LogP contribution in [-0.2, 0) is 0 Å². The zero-order valence-corrected chi connectivity index (χ0v) is 8.48. The number of alkyl halides is 1. The van der Waals surface area contributed by atoms with Crippen molar-refractivity contribution in [3.63, 3.8) is 0 Å². The maximum Gasteiger partial charge on any atom is 0.163 e. The van der Waals surface area contributed by atoms with Gasteiger partial charge in [-0.3, -0.25) is 4.79 Å². The first kappa shape index (κ1) is 10.5. The highest BCUT2D eigenvalue weighted by Gasteiger charge is 2.05. The van der Waals surface area contributed by atoms with Gasteiger partial charge in [0.05, 0.1) is 0 Å². The summed E-state index contributed by atoms with van der Waals surface area (Å²) >= 11 is 11.1. The van der Waals surface area contributed by atoms with Gasteiger partial charge in [-0.2, -0.15) is 0 Å². The Balaban J connectivity index is 2.66. The van der Waals surface area contributed by atoms with Crippen molar-refractivity contribution < 1.29 is 4.79 Å². The largest absolute Gasteiger partial charge is 0.294 e. The van der Waals surface area contributed by atoms with Crippen LogP contribution >= 0.6 is 23.2 Å². The molecule has 1 heterocycles. The Morgan fingerprint density at radius 1 is 1.54 bits per heavy atom. The fourth-order valence-electron chi connectivity index (χ4n) is 0.948. The van der Waals surface area contributed by atoms with Crippen molar-refractivity contribution in [3.8, 4) is 0 Å². The second kappa shape index (κ2) is 5.20. The molecule has 1 rings (SSSR count). The van der Waals surface area contributed by atoms with Crippen LogP contribution in [0, 0.1) is 0 Å². The van der Waals surface area contributed by atoms with E-state index < -0.39 is 0 Å². The van der Waals surface area contributed by atoms with E-state index in [0.717, 1.165) is 0 Å². The molecule has 0 N–H and O–H groups in total. The molecule has 1 aromatic heterocycles. The molecule has 4 heteroatoms. The quantitative estimate of drug-likeness (QED) is 0.441. The van der Waals surface area contributed by atoms with E-state index in [4.69, 9.17) is 23.2 Å². The lowest BCUT2D eigenvalue weighted by molar-refractivity contribution is 0.0982. The van der Waals surface area contributed by atoms with Crippen molar-refractivity contribution in [2.24, 2.45) is 0 Å². The Morgan fingerprint density at radius 3 is 2.92 bits per heavy atom. The molecular weight excluding hydrogens is 209 g/mol. The first-order valence-electron chi connectivity index (χ1n) is 3.95. The van der Waals surface area contributed by atoms with Gasteiger partial charge >= 0.3 is 0 Å². The van der Waals surface area contributed by atoms with Crippen LogP contribution in [0.4, 0.5) is 0 Å². The minimum Gasteiger partial charge on any atom is -0.294 e. The summed E-state index contributed by atoms with van der Waals surface area (Å²) in [6.45, 7) is 0. The van der Waals surface area contributed by atoms with E-state index in [2.05, 4.69) is 4.98 Å². The Kier molecular flexibility index (Phi) is 4.19. The van der Waals surface area contributed by atoms with Gasteiger partial charge in [0.25, 0.3) is 0 Å². The number of carbonyl (C=O) groups excluding carboxylic acids is 1. The number of hydrogen-bond donors (Lipinski definition) is 0. The molecule has 13 heavy (non-hydrogen) atoms. The summed E-state index contributed by atoms with van der Waals surface area (Å²) in [5, 5.41) is 0.344. The molecule has 0 spiro atoms. The van der Waals surface area contributed by atoms with Crippen LogP contribution in [0.25, 0.3) is 0 Å². The van der Waals surface area contributed by atoms with E-state index in [-0.39, 0.29) is 5.78 Å². The van der Waals surface area contributed by atoms with Gasteiger partial charge in [0.15, 0.2) is 5.78 Å². The van der Waals surface area contributed by atoms with Crippen molar-refractivity contribution in [2.45, 2.75) is 12.8 Å². The Bertz CT molecular complexity index is 301. The number of halogens is 2. The normalized spacial score (nSPS) is 10.0. The number of Topliss-reactive ketones (excluding diaryl/α,β-unsaturated/α-hetero) is 1. The van der Waals surface area contributed by atoms with E-state index in [0.29, 0.717) is 29.4 Å². The summed E-state index contributed by atoms with van der Waals surface area (Å²) in [5.74, 6) is 0.565. The van der Waals surface area contributed by atoms with Crippen molar-refractivity contribution >= 4 is 29.0 Å². The van der Waals surface area contributed by atoms with Crippen molar-refractivity contribution in [1.29, 1.82) is 0 Å². The average Bonchev–Trinajstić information content (AvgIpc) is 2.14. The van der Waals surface area contributed by atoms with Crippen LogP contribution < -0.4 is 0 Å². The summed E-state index contributed by atoms with van der Waals surface area (Å²) in [7, 11) is 0. The Morgan fingerprint density at radius 2 is 2.31 bits per heavy atom. The fourth-order valence-corrected chi connectivity index (χ4v) is 1.26. The van der Waals surface area contributed by atoms with E-state index in [1.54, 1.807) is 12.1 Å². The van der Waals surface area contributed by atoms with Crippen LogP contribution in [-0.4, -0.2) is 16.6 Å². The van der Waals surface area contributed by atoms with Crippen molar-refractivity contribution in [1.82, 2.24) is 4.98 Å². The molecule has 0 aliphatic rings. The lowest BCUT2D eigenvalue weighted by Gasteiger charge is -1.98. The molecule has 0 bridgehead atoms. The molecule has 1 aromatic rings. The third-order valence-corrected chi connectivity index (χ3v) is 2.06. The Labute approximate surface area is 86.9 Å². The number of ketones is 1. The standard InChI is InChI=1S/C9H9Cl2NO/c10-4-1-2-8(13)7-3-5-12-9(11)6-7/h3,5-6H,1-2,4H2. The first-order chi connectivity index (χ1) is 6.24. The summed E-state index contributed by atoms with van der Waals surface area (Å²) in [6.07, 6.45) is 2.68. The van der Waals surface area contributed by atoms with Gasteiger partial charge in [-0.05, 0) is 18.6 Å². The second-order valence-corrected chi connectivity index (χ2v) is 3.35. The van der Waals surface area contributed by atoms with Gasteiger partial charge in [0, 0.05) is 24.1 Å². The molecule has 0 atom stereocenters. The molecular formula is C9H9Cl2NO.